The van der Waals surface area contributed by atoms with E-state index in [2.05, 4.69) is 14.9 Å². The first-order chi connectivity index (χ1) is 10.1. The predicted molar refractivity (Wildman–Crippen MR) is 78.6 cm³/mol. The van der Waals surface area contributed by atoms with Gasteiger partial charge in [-0.1, -0.05) is 0 Å². The number of piperidine rings is 1. The van der Waals surface area contributed by atoms with Crippen LogP contribution in [0.2, 0.25) is 0 Å². The standard InChI is InChI=1S/C15H21N3O3/c19-13-9-12(16-15(17-13)11-2-3-11)18-7-5-10(6-8-18)1-4-14(20)21/h9-11H,1-8H2,(H,20,21)(H,16,17,19). The fourth-order valence-corrected chi connectivity index (χ4v) is 2.95. The van der Waals surface area contributed by atoms with Crippen LogP contribution in [0.25, 0.3) is 0 Å². The summed E-state index contributed by atoms with van der Waals surface area (Å²) in [6, 6.07) is 1.57. The summed E-state index contributed by atoms with van der Waals surface area (Å²) in [5.41, 5.74) is -0.0742. The molecule has 1 aliphatic carbocycles. The van der Waals surface area contributed by atoms with E-state index in [9.17, 15) is 9.59 Å². The smallest absolute Gasteiger partial charge is 0.303 e. The molecule has 1 aromatic rings. The Hall–Kier alpha value is -1.85. The van der Waals surface area contributed by atoms with Crippen LogP contribution in [0.15, 0.2) is 10.9 Å². The second kappa shape index (κ2) is 5.87. The quantitative estimate of drug-likeness (QED) is 0.862. The van der Waals surface area contributed by atoms with Crippen molar-refractivity contribution in [2.75, 3.05) is 18.0 Å². The van der Waals surface area contributed by atoms with E-state index in [0.29, 0.717) is 11.8 Å². The van der Waals surface area contributed by atoms with Gasteiger partial charge in [-0.25, -0.2) is 4.98 Å². The molecule has 1 saturated heterocycles. The Balaban J connectivity index is 1.61. The van der Waals surface area contributed by atoms with Crippen molar-refractivity contribution in [1.82, 2.24) is 9.97 Å². The van der Waals surface area contributed by atoms with E-state index in [1.807, 2.05) is 0 Å². The third-order valence-corrected chi connectivity index (χ3v) is 4.42. The van der Waals surface area contributed by atoms with E-state index < -0.39 is 5.97 Å². The van der Waals surface area contributed by atoms with Gasteiger partial charge in [-0.15, -0.1) is 0 Å². The summed E-state index contributed by atoms with van der Waals surface area (Å²) in [5, 5.41) is 8.73. The van der Waals surface area contributed by atoms with Gasteiger partial charge in [-0.2, -0.15) is 0 Å². The molecule has 1 aliphatic heterocycles. The largest absolute Gasteiger partial charge is 0.481 e. The number of carboxylic acids is 1. The van der Waals surface area contributed by atoms with Gasteiger partial charge in [-0.05, 0) is 38.0 Å². The van der Waals surface area contributed by atoms with Crippen molar-refractivity contribution in [3.05, 3.63) is 22.2 Å². The molecule has 0 unspecified atom stereocenters. The zero-order valence-electron chi connectivity index (χ0n) is 12.0. The molecule has 2 fully saturated rings. The van der Waals surface area contributed by atoms with E-state index in [4.69, 9.17) is 5.11 Å². The molecule has 0 aromatic carbocycles. The summed E-state index contributed by atoms with van der Waals surface area (Å²) in [4.78, 5) is 31.9. The topological polar surface area (TPSA) is 86.3 Å². The monoisotopic (exact) mass is 291 g/mol. The third-order valence-electron chi connectivity index (χ3n) is 4.42. The Morgan fingerprint density at radius 3 is 2.67 bits per heavy atom. The summed E-state index contributed by atoms with van der Waals surface area (Å²) in [5.74, 6) is 1.79. The number of nitrogens with one attached hydrogen (secondary N) is 1. The SMILES string of the molecule is O=C(O)CCC1CCN(c2cc(=O)[nH]c(C3CC3)n2)CC1. The summed E-state index contributed by atoms with van der Waals surface area (Å²) in [6.45, 7) is 1.70. The minimum absolute atomic E-state index is 0.0742. The highest BCUT2D eigenvalue weighted by atomic mass is 16.4. The summed E-state index contributed by atoms with van der Waals surface area (Å²) in [6.07, 6.45) is 5.17. The molecular weight excluding hydrogens is 270 g/mol. The number of rotatable bonds is 5. The fourth-order valence-electron chi connectivity index (χ4n) is 2.95. The van der Waals surface area contributed by atoms with E-state index >= 15 is 0 Å². The van der Waals surface area contributed by atoms with Crippen LogP contribution in [0.3, 0.4) is 0 Å². The average molecular weight is 291 g/mol. The molecule has 0 bridgehead atoms. The van der Waals surface area contributed by atoms with Gasteiger partial charge in [0.2, 0.25) is 0 Å². The van der Waals surface area contributed by atoms with Gasteiger partial charge in [-0.3, -0.25) is 9.59 Å². The molecule has 2 N–H and O–H groups in total. The fraction of sp³-hybridized carbons (Fsp3) is 0.667. The lowest BCUT2D eigenvalue weighted by Crippen LogP contribution is -2.35. The minimum atomic E-state index is -0.720. The van der Waals surface area contributed by atoms with Gasteiger partial charge in [0.25, 0.3) is 5.56 Å². The van der Waals surface area contributed by atoms with Crippen molar-refractivity contribution in [2.45, 2.75) is 44.4 Å². The molecule has 0 radical (unpaired) electrons. The van der Waals surface area contributed by atoms with Gasteiger partial charge < -0.3 is 15.0 Å². The maximum atomic E-state index is 11.7. The third kappa shape index (κ3) is 3.62. The van der Waals surface area contributed by atoms with Crippen molar-refractivity contribution in [3.63, 3.8) is 0 Å². The van der Waals surface area contributed by atoms with Gasteiger partial charge >= 0.3 is 5.97 Å². The number of aromatic nitrogens is 2. The Labute approximate surface area is 123 Å². The van der Waals surface area contributed by atoms with Crippen LogP contribution < -0.4 is 10.5 Å². The first-order valence-electron chi connectivity index (χ1n) is 7.70. The molecule has 0 atom stereocenters. The number of aromatic amines is 1. The molecule has 6 heteroatoms. The Morgan fingerprint density at radius 1 is 1.33 bits per heavy atom. The van der Waals surface area contributed by atoms with E-state index in [-0.39, 0.29) is 12.0 Å². The number of carboxylic acid groups (broad SMARTS) is 1. The first kappa shape index (κ1) is 14.1. The van der Waals surface area contributed by atoms with E-state index in [0.717, 1.165) is 56.8 Å². The van der Waals surface area contributed by atoms with Gasteiger partial charge in [0.1, 0.15) is 11.6 Å². The Bertz CT molecular complexity index is 572. The van der Waals surface area contributed by atoms with Crippen LogP contribution in [0, 0.1) is 5.92 Å². The van der Waals surface area contributed by atoms with Crippen molar-refractivity contribution in [3.8, 4) is 0 Å². The zero-order chi connectivity index (χ0) is 14.8. The van der Waals surface area contributed by atoms with E-state index in [1.165, 1.54) is 0 Å². The molecule has 2 heterocycles. The van der Waals surface area contributed by atoms with Crippen LogP contribution in [0.4, 0.5) is 5.82 Å². The van der Waals surface area contributed by atoms with Crippen LogP contribution in [-0.2, 0) is 4.79 Å². The molecule has 3 rings (SSSR count). The van der Waals surface area contributed by atoms with Crippen LogP contribution >= 0.6 is 0 Å². The van der Waals surface area contributed by atoms with Crippen LogP contribution in [0.5, 0.6) is 0 Å². The lowest BCUT2D eigenvalue weighted by Gasteiger charge is -2.32. The molecule has 0 amide bonds. The van der Waals surface area contributed by atoms with Crippen molar-refractivity contribution in [1.29, 1.82) is 0 Å². The Morgan fingerprint density at radius 2 is 2.05 bits per heavy atom. The maximum Gasteiger partial charge on any atom is 0.303 e. The highest BCUT2D eigenvalue weighted by molar-refractivity contribution is 5.66. The van der Waals surface area contributed by atoms with Crippen LogP contribution in [-0.4, -0.2) is 34.1 Å². The molecular formula is C15H21N3O3. The maximum absolute atomic E-state index is 11.7. The molecule has 0 spiro atoms. The number of hydrogen-bond donors (Lipinski definition) is 2. The van der Waals surface area contributed by atoms with Gasteiger partial charge in [0.15, 0.2) is 0 Å². The van der Waals surface area contributed by atoms with Crippen LogP contribution in [0.1, 0.15) is 50.3 Å². The minimum Gasteiger partial charge on any atom is -0.481 e. The molecule has 1 saturated carbocycles. The zero-order valence-corrected chi connectivity index (χ0v) is 12.0. The van der Waals surface area contributed by atoms with Crippen molar-refractivity contribution >= 4 is 11.8 Å². The number of anilines is 1. The predicted octanol–water partition coefficient (Wildman–Crippen LogP) is 1.73. The van der Waals surface area contributed by atoms with Crippen molar-refractivity contribution < 1.29 is 9.90 Å². The number of hydrogen-bond acceptors (Lipinski definition) is 4. The summed E-state index contributed by atoms with van der Waals surface area (Å²) >= 11 is 0. The lowest BCUT2D eigenvalue weighted by molar-refractivity contribution is -0.137. The number of H-pyrrole nitrogens is 1. The average Bonchev–Trinajstić information content (AvgIpc) is 3.29. The number of aliphatic carboxylic acids is 1. The highest BCUT2D eigenvalue weighted by Gasteiger charge is 2.28. The van der Waals surface area contributed by atoms with Crippen molar-refractivity contribution in [2.24, 2.45) is 5.92 Å². The molecule has 6 nitrogen and oxygen atoms in total. The van der Waals surface area contributed by atoms with E-state index in [1.54, 1.807) is 6.07 Å². The Kier molecular flexibility index (Phi) is 3.94. The second-order valence-corrected chi connectivity index (χ2v) is 6.13. The highest BCUT2D eigenvalue weighted by Crippen LogP contribution is 2.38. The molecule has 1 aromatic heterocycles. The second-order valence-electron chi connectivity index (χ2n) is 6.13. The molecule has 21 heavy (non-hydrogen) atoms. The first-order valence-corrected chi connectivity index (χ1v) is 7.70. The number of nitrogens with zero attached hydrogens (tertiary/aromatic N) is 2. The summed E-state index contributed by atoms with van der Waals surface area (Å²) in [7, 11) is 0. The summed E-state index contributed by atoms with van der Waals surface area (Å²) < 4.78 is 0. The molecule has 2 aliphatic rings. The normalized spacial score (nSPS) is 19.7. The van der Waals surface area contributed by atoms with Gasteiger partial charge in [0.05, 0.1) is 0 Å². The number of carbonyl (C=O) groups is 1. The molecule has 114 valence electrons. The van der Waals surface area contributed by atoms with Gasteiger partial charge in [0, 0.05) is 31.5 Å². The lowest BCUT2D eigenvalue weighted by atomic mass is 9.92.